The highest BCUT2D eigenvalue weighted by Crippen LogP contribution is 2.32. The summed E-state index contributed by atoms with van der Waals surface area (Å²) >= 11 is 0. The van der Waals surface area contributed by atoms with E-state index in [0.29, 0.717) is 12.6 Å². The molecule has 0 N–H and O–H groups in total. The Hall–Kier alpha value is -1.80. The molecule has 0 atom stereocenters. The number of carbonyl (C=O) groups is 1. The summed E-state index contributed by atoms with van der Waals surface area (Å²) in [6.45, 7) is 14.0. The van der Waals surface area contributed by atoms with Crippen LogP contribution in [0.25, 0.3) is 0 Å². The van der Waals surface area contributed by atoms with Gasteiger partial charge in [0.1, 0.15) is 5.75 Å². The van der Waals surface area contributed by atoms with Crippen molar-refractivity contribution in [2.75, 3.05) is 6.61 Å². The van der Waals surface area contributed by atoms with Gasteiger partial charge in [0, 0.05) is 6.07 Å². The van der Waals surface area contributed by atoms with Crippen LogP contribution >= 0.6 is 0 Å². The first-order valence-electron chi connectivity index (χ1n) is 8.74. The SMILES string of the molecule is CCOC(=O)c1ccc(Oc2cc3c(cc2C)[Si](C)(C)C[Si]3(C)C)o1. The normalized spacial score (nSPS) is 17.2. The van der Waals surface area contributed by atoms with Crippen molar-refractivity contribution in [2.45, 2.75) is 45.7 Å². The maximum absolute atomic E-state index is 11.7. The zero-order valence-electron chi connectivity index (χ0n) is 15.9. The number of furan rings is 1. The summed E-state index contributed by atoms with van der Waals surface area (Å²) in [6, 6.07) is 7.78. The lowest BCUT2D eigenvalue weighted by Crippen LogP contribution is -2.44. The number of esters is 1. The van der Waals surface area contributed by atoms with Crippen LogP contribution in [-0.2, 0) is 4.74 Å². The minimum atomic E-state index is -1.41. The number of fused-ring (bicyclic) bond motifs is 1. The molecule has 0 aliphatic carbocycles. The molecule has 0 bridgehead atoms. The molecule has 4 nitrogen and oxygen atoms in total. The quantitative estimate of drug-likeness (QED) is 0.601. The van der Waals surface area contributed by atoms with Crippen LogP contribution in [0.4, 0.5) is 0 Å². The molecule has 1 aromatic carbocycles. The number of ether oxygens (including phenoxy) is 2. The van der Waals surface area contributed by atoms with Gasteiger partial charge in [-0.25, -0.2) is 4.79 Å². The fourth-order valence-corrected chi connectivity index (χ4v) is 19.1. The van der Waals surface area contributed by atoms with Crippen molar-refractivity contribution >= 4 is 32.5 Å². The monoisotopic (exact) mass is 374 g/mol. The molecular formula is C19H26O4Si2. The summed E-state index contributed by atoms with van der Waals surface area (Å²) in [4.78, 5) is 11.7. The van der Waals surface area contributed by atoms with E-state index in [1.54, 1.807) is 24.2 Å². The Balaban J connectivity index is 1.91. The van der Waals surface area contributed by atoms with Gasteiger partial charge in [-0.1, -0.05) is 48.3 Å². The molecule has 0 fully saturated rings. The standard InChI is InChI=1S/C19H26O4Si2/c1-7-21-19(20)14-8-9-18(22-14)23-15-11-17-16(10-13(15)2)24(3,4)12-25(17,5)6/h8-11H,7,12H2,1-6H3. The summed E-state index contributed by atoms with van der Waals surface area (Å²) < 4.78 is 16.4. The molecule has 25 heavy (non-hydrogen) atoms. The van der Waals surface area contributed by atoms with Crippen LogP contribution in [0.5, 0.6) is 11.7 Å². The molecule has 134 valence electrons. The minimum Gasteiger partial charge on any atom is -0.460 e. The number of benzene rings is 1. The molecule has 0 radical (unpaired) electrons. The first-order valence-corrected chi connectivity index (χ1v) is 15.2. The highest BCUT2D eigenvalue weighted by atomic mass is 28.4. The first-order chi connectivity index (χ1) is 11.6. The van der Waals surface area contributed by atoms with Crippen molar-refractivity contribution < 1.29 is 18.7 Å². The Labute approximate surface area is 151 Å². The molecule has 0 spiro atoms. The third-order valence-electron chi connectivity index (χ3n) is 4.93. The number of hydrogen-bond donors (Lipinski definition) is 0. The van der Waals surface area contributed by atoms with Gasteiger partial charge in [0.25, 0.3) is 5.95 Å². The Morgan fingerprint density at radius 2 is 1.76 bits per heavy atom. The fraction of sp³-hybridized carbons (Fsp3) is 0.421. The van der Waals surface area contributed by atoms with Crippen molar-refractivity contribution in [3.05, 3.63) is 35.6 Å². The van der Waals surface area contributed by atoms with E-state index in [0.717, 1.165) is 11.3 Å². The van der Waals surface area contributed by atoms with Gasteiger partial charge in [-0.05, 0) is 31.5 Å². The van der Waals surface area contributed by atoms with Gasteiger partial charge in [0.2, 0.25) is 5.76 Å². The number of rotatable bonds is 4. The van der Waals surface area contributed by atoms with Gasteiger partial charge in [-0.3, -0.25) is 0 Å². The van der Waals surface area contributed by atoms with E-state index in [-0.39, 0.29) is 5.76 Å². The van der Waals surface area contributed by atoms with Gasteiger partial charge < -0.3 is 13.9 Å². The third-order valence-corrected chi connectivity index (χ3v) is 16.0. The third kappa shape index (κ3) is 3.33. The van der Waals surface area contributed by atoms with Gasteiger partial charge >= 0.3 is 5.97 Å². The van der Waals surface area contributed by atoms with Crippen molar-refractivity contribution in [2.24, 2.45) is 0 Å². The highest BCUT2D eigenvalue weighted by molar-refractivity contribution is 7.14. The summed E-state index contributed by atoms with van der Waals surface area (Å²) in [5.41, 5.74) is 2.49. The summed E-state index contributed by atoms with van der Waals surface area (Å²) in [6.07, 6.45) is 0. The molecule has 3 rings (SSSR count). The summed E-state index contributed by atoms with van der Waals surface area (Å²) in [7, 11) is -2.76. The molecule has 0 amide bonds. The maximum atomic E-state index is 11.7. The zero-order chi connectivity index (χ0) is 18.4. The maximum Gasteiger partial charge on any atom is 0.374 e. The Morgan fingerprint density at radius 1 is 1.12 bits per heavy atom. The molecule has 1 aromatic heterocycles. The molecule has 0 unspecified atom stereocenters. The second-order valence-corrected chi connectivity index (χ2v) is 18.1. The topological polar surface area (TPSA) is 48.7 Å². The fourth-order valence-electron chi connectivity index (χ4n) is 4.01. The van der Waals surface area contributed by atoms with Crippen LogP contribution in [-0.4, -0.2) is 28.7 Å². The lowest BCUT2D eigenvalue weighted by atomic mass is 10.2. The number of aryl methyl sites for hydroxylation is 1. The van der Waals surface area contributed by atoms with Crippen LogP contribution in [0.15, 0.2) is 28.7 Å². The summed E-state index contributed by atoms with van der Waals surface area (Å²) in [5, 5.41) is 3.10. The summed E-state index contributed by atoms with van der Waals surface area (Å²) in [5.74, 6) is 0.832. The smallest absolute Gasteiger partial charge is 0.374 e. The van der Waals surface area contributed by atoms with E-state index in [2.05, 4.69) is 45.2 Å². The van der Waals surface area contributed by atoms with Crippen LogP contribution in [0.3, 0.4) is 0 Å². The van der Waals surface area contributed by atoms with Crippen molar-refractivity contribution in [3.8, 4) is 11.7 Å². The average Bonchev–Trinajstić information content (AvgIpc) is 3.02. The van der Waals surface area contributed by atoms with E-state index in [1.807, 2.05) is 0 Å². The van der Waals surface area contributed by atoms with Gasteiger partial charge in [0.15, 0.2) is 0 Å². The Morgan fingerprint density at radius 3 is 2.40 bits per heavy atom. The van der Waals surface area contributed by atoms with E-state index < -0.39 is 22.1 Å². The van der Waals surface area contributed by atoms with Gasteiger partial charge in [-0.2, -0.15) is 0 Å². The molecule has 2 aromatic rings. The molecule has 1 aliphatic rings. The van der Waals surface area contributed by atoms with E-state index in [1.165, 1.54) is 10.9 Å². The minimum absolute atomic E-state index is 0.166. The van der Waals surface area contributed by atoms with E-state index in [9.17, 15) is 4.79 Å². The van der Waals surface area contributed by atoms with Crippen molar-refractivity contribution in [1.29, 1.82) is 0 Å². The number of hydrogen-bond acceptors (Lipinski definition) is 4. The average molecular weight is 375 g/mol. The predicted molar refractivity (Wildman–Crippen MR) is 105 cm³/mol. The predicted octanol–water partition coefficient (Wildman–Crippen LogP) is 3.94. The second-order valence-electron chi connectivity index (χ2n) is 8.05. The van der Waals surface area contributed by atoms with Crippen molar-refractivity contribution in [3.63, 3.8) is 0 Å². The lowest BCUT2D eigenvalue weighted by molar-refractivity contribution is 0.0485. The Bertz CT molecular complexity index is 821. The van der Waals surface area contributed by atoms with Crippen LogP contribution in [0.2, 0.25) is 31.9 Å². The van der Waals surface area contributed by atoms with E-state index >= 15 is 0 Å². The van der Waals surface area contributed by atoms with Crippen LogP contribution in [0.1, 0.15) is 23.0 Å². The largest absolute Gasteiger partial charge is 0.460 e. The Kier molecular flexibility index (Phi) is 4.45. The molecular weight excluding hydrogens is 348 g/mol. The van der Waals surface area contributed by atoms with Crippen LogP contribution in [0, 0.1) is 6.92 Å². The highest BCUT2D eigenvalue weighted by Gasteiger charge is 2.44. The first kappa shape index (κ1) is 18.0. The molecule has 1 aliphatic heterocycles. The molecule has 2 heterocycles. The van der Waals surface area contributed by atoms with E-state index in [4.69, 9.17) is 13.9 Å². The van der Waals surface area contributed by atoms with Crippen LogP contribution < -0.4 is 15.1 Å². The van der Waals surface area contributed by atoms with Gasteiger partial charge in [0.05, 0.1) is 22.8 Å². The van der Waals surface area contributed by atoms with Gasteiger partial charge in [-0.15, -0.1) is 0 Å². The molecule has 0 saturated heterocycles. The lowest BCUT2D eigenvalue weighted by Gasteiger charge is -2.19. The second kappa shape index (κ2) is 6.18. The number of carbonyl (C=O) groups excluding carboxylic acids is 1. The van der Waals surface area contributed by atoms with Crippen molar-refractivity contribution in [1.82, 2.24) is 0 Å². The molecule has 6 heteroatoms. The molecule has 0 saturated carbocycles. The zero-order valence-corrected chi connectivity index (χ0v) is 17.9.